The van der Waals surface area contributed by atoms with Gasteiger partial charge in [-0.3, -0.25) is 9.69 Å². The van der Waals surface area contributed by atoms with Gasteiger partial charge in [0.2, 0.25) is 5.91 Å². The summed E-state index contributed by atoms with van der Waals surface area (Å²) in [4.78, 5) is 14.9. The van der Waals surface area contributed by atoms with Crippen LogP contribution >= 0.6 is 24.8 Å². The van der Waals surface area contributed by atoms with Gasteiger partial charge in [0, 0.05) is 26.1 Å². The van der Waals surface area contributed by atoms with Gasteiger partial charge >= 0.3 is 0 Å². The van der Waals surface area contributed by atoms with Crippen molar-refractivity contribution in [1.82, 2.24) is 15.5 Å². The third-order valence-electron chi connectivity index (χ3n) is 6.36. The summed E-state index contributed by atoms with van der Waals surface area (Å²) in [6, 6.07) is 8.77. The first kappa shape index (κ1) is 26.2. The van der Waals surface area contributed by atoms with Gasteiger partial charge in [-0.2, -0.15) is 0 Å². The van der Waals surface area contributed by atoms with Crippen molar-refractivity contribution < 1.29 is 4.79 Å². The normalized spacial score (nSPS) is 21.5. The van der Waals surface area contributed by atoms with Gasteiger partial charge in [0.1, 0.15) is 0 Å². The molecule has 0 spiro atoms. The van der Waals surface area contributed by atoms with Gasteiger partial charge in [-0.1, -0.05) is 38.1 Å². The SMILES string of the molecule is CC1CCCN(Cc2ccc(CNC(=O)CC(C)C3CCNCC3)cc2)C1.Cl.Cl. The number of likely N-dealkylation sites (tertiary alicyclic amines) is 1. The Hall–Kier alpha value is -0.810. The monoisotopic (exact) mass is 443 g/mol. The first-order valence-corrected chi connectivity index (χ1v) is 10.9. The fraction of sp³-hybridized carbons (Fsp3) is 0.696. The summed E-state index contributed by atoms with van der Waals surface area (Å²) in [5.74, 6) is 2.17. The zero-order valence-electron chi connectivity index (χ0n) is 18.0. The predicted octanol–water partition coefficient (Wildman–Crippen LogP) is 4.40. The molecule has 29 heavy (non-hydrogen) atoms. The second-order valence-electron chi connectivity index (χ2n) is 8.84. The maximum absolute atomic E-state index is 12.3. The van der Waals surface area contributed by atoms with Gasteiger partial charge in [-0.25, -0.2) is 0 Å². The van der Waals surface area contributed by atoms with Gasteiger partial charge in [0.05, 0.1) is 0 Å². The van der Waals surface area contributed by atoms with Gasteiger partial charge < -0.3 is 10.6 Å². The van der Waals surface area contributed by atoms with Crippen LogP contribution in [0.2, 0.25) is 0 Å². The summed E-state index contributed by atoms with van der Waals surface area (Å²) in [7, 11) is 0. The van der Waals surface area contributed by atoms with Crippen LogP contribution in [0.4, 0.5) is 0 Å². The highest BCUT2D eigenvalue weighted by Crippen LogP contribution is 2.24. The molecule has 6 heteroatoms. The number of carbonyl (C=O) groups excluding carboxylic acids is 1. The van der Waals surface area contributed by atoms with Crippen LogP contribution in [0.25, 0.3) is 0 Å². The van der Waals surface area contributed by atoms with E-state index in [1.807, 2.05) is 0 Å². The lowest BCUT2D eigenvalue weighted by Gasteiger charge is -2.30. The fourth-order valence-electron chi connectivity index (χ4n) is 4.60. The summed E-state index contributed by atoms with van der Waals surface area (Å²) in [5.41, 5.74) is 2.56. The van der Waals surface area contributed by atoms with Crippen LogP contribution in [-0.2, 0) is 17.9 Å². The number of nitrogens with zero attached hydrogens (tertiary/aromatic N) is 1. The molecule has 2 saturated heterocycles. The smallest absolute Gasteiger partial charge is 0.220 e. The molecule has 0 bridgehead atoms. The molecule has 2 heterocycles. The van der Waals surface area contributed by atoms with Gasteiger partial charge in [0.25, 0.3) is 0 Å². The number of hydrogen-bond acceptors (Lipinski definition) is 3. The molecular weight excluding hydrogens is 405 g/mol. The Morgan fingerprint density at radius 2 is 1.79 bits per heavy atom. The van der Waals surface area contributed by atoms with Crippen molar-refractivity contribution in [2.75, 3.05) is 26.2 Å². The Kier molecular flexibility index (Phi) is 12.2. The van der Waals surface area contributed by atoms with E-state index in [2.05, 4.69) is 53.6 Å². The predicted molar refractivity (Wildman–Crippen MR) is 126 cm³/mol. The van der Waals surface area contributed by atoms with E-state index in [4.69, 9.17) is 0 Å². The van der Waals surface area contributed by atoms with E-state index < -0.39 is 0 Å². The quantitative estimate of drug-likeness (QED) is 0.655. The lowest BCUT2D eigenvalue weighted by Crippen LogP contribution is -2.33. The van der Waals surface area contributed by atoms with E-state index in [9.17, 15) is 4.79 Å². The third kappa shape index (κ3) is 8.84. The van der Waals surface area contributed by atoms with Crippen LogP contribution in [-0.4, -0.2) is 37.0 Å². The topological polar surface area (TPSA) is 44.4 Å². The molecule has 0 aliphatic carbocycles. The molecule has 3 rings (SSSR count). The molecule has 1 aromatic rings. The van der Waals surface area contributed by atoms with E-state index in [0.717, 1.165) is 25.6 Å². The molecule has 2 aliphatic rings. The van der Waals surface area contributed by atoms with Crippen LogP contribution in [0.1, 0.15) is 57.1 Å². The molecule has 2 atom stereocenters. The van der Waals surface area contributed by atoms with Gasteiger partial charge in [-0.15, -0.1) is 24.8 Å². The zero-order valence-corrected chi connectivity index (χ0v) is 19.6. The third-order valence-corrected chi connectivity index (χ3v) is 6.36. The maximum atomic E-state index is 12.3. The number of hydrogen-bond donors (Lipinski definition) is 2. The molecule has 2 aliphatic heterocycles. The average Bonchev–Trinajstić information content (AvgIpc) is 2.68. The van der Waals surface area contributed by atoms with Gasteiger partial charge in [0.15, 0.2) is 0 Å². The number of halogens is 2. The number of amides is 1. The number of nitrogens with one attached hydrogen (secondary N) is 2. The Morgan fingerprint density at radius 3 is 2.45 bits per heavy atom. The average molecular weight is 444 g/mol. The number of rotatable bonds is 7. The molecule has 0 aromatic heterocycles. The van der Waals surface area contributed by atoms with E-state index in [1.54, 1.807) is 0 Å². The molecule has 4 nitrogen and oxygen atoms in total. The molecule has 0 saturated carbocycles. The van der Waals surface area contributed by atoms with Crippen molar-refractivity contribution in [3.05, 3.63) is 35.4 Å². The highest BCUT2D eigenvalue weighted by atomic mass is 35.5. The first-order valence-electron chi connectivity index (χ1n) is 10.9. The molecule has 0 radical (unpaired) electrons. The van der Waals surface area contributed by atoms with Crippen LogP contribution < -0.4 is 10.6 Å². The van der Waals surface area contributed by atoms with Crippen molar-refractivity contribution >= 4 is 30.7 Å². The van der Waals surface area contributed by atoms with E-state index in [1.165, 1.54) is 49.9 Å². The van der Waals surface area contributed by atoms with Crippen molar-refractivity contribution in [2.24, 2.45) is 17.8 Å². The Balaban J connectivity index is 0.00000210. The molecule has 2 N–H and O–H groups in total. The minimum absolute atomic E-state index is 0. The Labute approximate surface area is 189 Å². The van der Waals surface area contributed by atoms with Crippen LogP contribution in [0, 0.1) is 17.8 Å². The summed E-state index contributed by atoms with van der Waals surface area (Å²) in [6.45, 7) is 10.9. The van der Waals surface area contributed by atoms with Crippen molar-refractivity contribution in [3.8, 4) is 0 Å². The minimum Gasteiger partial charge on any atom is -0.352 e. The molecule has 166 valence electrons. The Morgan fingerprint density at radius 1 is 1.14 bits per heavy atom. The lowest BCUT2D eigenvalue weighted by molar-refractivity contribution is -0.122. The molecule has 1 aromatic carbocycles. The second kappa shape index (κ2) is 13.5. The van der Waals surface area contributed by atoms with Crippen LogP contribution in [0.3, 0.4) is 0 Å². The maximum Gasteiger partial charge on any atom is 0.220 e. The molecule has 2 unspecified atom stereocenters. The van der Waals surface area contributed by atoms with Crippen LogP contribution in [0.15, 0.2) is 24.3 Å². The first-order chi connectivity index (χ1) is 13.1. The lowest BCUT2D eigenvalue weighted by atomic mass is 9.84. The molecular formula is C23H39Cl2N3O. The summed E-state index contributed by atoms with van der Waals surface area (Å²) in [6.07, 6.45) is 5.74. The van der Waals surface area contributed by atoms with E-state index in [-0.39, 0.29) is 30.7 Å². The van der Waals surface area contributed by atoms with Crippen molar-refractivity contribution in [2.45, 2.75) is 59.0 Å². The minimum atomic E-state index is 0. The van der Waals surface area contributed by atoms with E-state index >= 15 is 0 Å². The number of piperidine rings is 2. The Bertz CT molecular complexity index is 590. The fourth-order valence-corrected chi connectivity index (χ4v) is 4.60. The van der Waals surface area contributed by atoms with Crippen molar-refractivity contribution in [3.63, 3.8) is 0 Å². The standard InChI is InChI=1S/C23H37N3O.2ClH/c1-18-4-3-13-26(16-18)17-21-7-5-20(6-8-21)15-25-23(27)14-19(2)22-9-11-24-12-10-22;;/h5-8,18-19,22,24H,3-4,9-17H2,1-2H3,(H,25,27);2*1H. The van der Waals surface area contributed by atoms with E-state index in [0.29, 0.717) is 24.8 Å². The van der Waals surface area contributed by atoms with Gasteiger partial charge in [-0.05, 0) is 74.2 Å². The highest BCUT2D eigenvalue weighted by molar-refractivity contribution is 5.85. The number of benzene rings is 1. The molecule has 1 amide bonds. The number of carbonyl (C=O) groups is 1. The molecule has 2 fully saturated rings. The largest absolute Gasteiger partial charge is 0.352 e. The van der Waals surface area contributed by atoms with Crippen molar-refractivity contribution in [1.29, 1.82) is 0 Å². The van der Waals surface area contributed by atoms with Crippen LogP contribution in [0.5, 0.6) is 0 Å². The summed E-state index contributed by atoms with van der Waals surface area (Å²) >= 11 is 0. The summed E-state index contributed by atoms with van der Waals surface area (Å²) in [5, 5.41) is 6.51. The zero-order chi connectivity index (χ0) is 19.1. The second-order valence-corrected chi connectivity index (χ2v) is 8.84. The summed E-state index contributed by atoms with van der Waals surface area (Å²) < 4.78 is 0. The highest BCUT2D eigenvalue weighted by Gasteiger charge is 2.22.